The predicted octanol–water partition coefficient (Wildman–Crippen LogP) is 4.03. The standard InChI is InChI=1S/C19H13N3OS2/c23-18-17(10-14-11-20-15-8-4-5-9-16(15)21-14)25-19(24)22(18)12-13-6-2-1-3-7-13/h1-11H,12H2/b17-10-. The van der Waals surface area contributed by atoms with Crippen LogP contribution < -0.4 is 0 Å². The van der Waals surface area contributed by atoms with E-state index in [1.807, 2.05) is 54.6 Å². The highest BCUT2D eigenvalue weighted by molar-refractivity contribution is 8.26. The topological polar surface area (TPSA) is 46.1 Å². The normalized spacial score (nSPS) is 16.2. The Hall–Kier alpha value is -2.57. The molecule has 25 heavy (non-hydrogen) atoms. The zero-order valence-electron chi connectivity index (χ0n) is 13.1. The summed E-state index contributed by atoms with van der Waals surface area (Å²) in [6.07, 6.45) is 3.43. The molecular formula is C19H13N3OS2. The van der Waals surface area contributed by atoms with E-state index < -0.39 is 0 Å². The van der Waals surface area contributed by atoms with E-state index in [1.54, 1.807) is 17.2 Å². The van der Waals surface area contributed by atoms with Gasteiger partial charge in [-0.1, -0.05) is 66.4 Å². The monoisotopic (exact) mass is 363 g/mol. The van der Waals surface area contributed by atoms with Gasteiger partial charge in [-0.2, -0.15) is 0 Å². The molecule has 1 amide bonds. The van der Waals surface area contributed by atoms with Gasteiger partial charge in [-0.05, 0) is 23.8 Å². The predicted molar refractivity (Wildman–Crippen MR) is 105 cm³/mol. The van der Waals surface area contributed by atoms with E-state index in [2.05, 4.69) is 9.97 Å². The number of hydrogen-bond donors (Lipinski definition) is 0. The Kier molecular flexibility index (Phi) is 4.29. The molecule has 2 aromatic carbocycles. The number of fused-ring (bicyclic) bond motifs is 1. The number of thioether (sulfide) groups is 1. The molecule has 0 radical (unpaired) electrons. The first-order chi connectivity index (χ1) is 12.2. The average Bonchev–Trinajstić information content (AvgIpc) is 2.90. The van der Waals surface area contributed by atoms with E-state index >= 15 is 0 Å². The molecule has 0 unspecified atom stereocenters. The lowest BCUT2D eigenvalue weighted by Gasteiger charge is -2.14. The van der Waals surface area contributed by atoms with Gasteiger partial charge in [0.1, 0.15) is 4.32 Å². The zero-order chi connectivity index (χ0) is 17.2. The first-order valence-electron chi connectivity index (χ1n) is 7.72. The van der Waals surface area contributed by atoms with E-state index in [-0.39, 0.29) is 5.91 Å². The highest BCUT2D eigenvalue weighted by Gasteiger charge is 2.32. The molecule has 0 bridgehead atoms. The van der Waals surface area contributed by atoms with Gasteiger partial charge >= 0.3 is 0 Å². The van der Waals surface area contributed by atoms with Crippen molar-refractivity contribution in [3.8, 4) is 0 Å². The molecule has 2 heterocycles. The molecule has 0 aliphatic carbocycles. The summed E-state index contributed by atoms with van der Waals surface area (Å²) in [4.78, 5) is 23.8. The lowest BCUT2D eigenvalue weighted by atomic mass is 10.2. The Labute approximate surface area is 154 Å². The lowest BCUT2D eigenvalue weighted by molar-refractivity contribution is -0.122. The van der Waals surface area contributed by atoms with Crippen LogP contribution in [0.2, 0.25) is 0 Å². The molecule has 6 heteroatoms. The number of para-hydroxylation sites is 2. The second-order valence-electron chi connectivity index (χ2n) is 5.54. The van der Waals surface area contributed by atoms with Crippen LogP contribution in [0.15, 0.2) is 65.7 Å². The van der Waals surface area contributed by atoms with Crippen LogP contribution in [-0.4, -0.2) is 25.1 Å². The first kappa shape index (κ1) is 15.9. The molecule has 0 atom stereocenters. The van der Waals surface area contributed by atoms with Crippen molar-refractivity contribution in [1.82, 2.24) is 14.9 Å². The number of aromatic nitrogens is 2. The Morgan fingerprint density at radius 3 is 2.56 bits per heavy atom. The third-order valence-electron chi connectivity index (χ3n) is 3.80. The summed E-state index contributed by atoms with van der Waals surface area (Å²) in [7, 11) is 0. The maximum atomic E-state index is 12.7. The molecular weight excluding hydrogens is 350 g/mol. The average molecular weight is 363 g/mol. The van der Waals surface area contributed by atoms with Gasteiger partial charge in [-0.15, -0.1) is 0 Å². The molecule has 1 fully saturated rings. The van der Waals surface area contributed by atoms with E-state index in [1.165, 1.54) is 11.8 Å². The molecule has 4 rings (SSSR count). The van der Waals surface area contributed by atoms with Gasteiger partial charge in [0.2, 0.25) is 0 Å². The molecule has 0 saturated carbocycles. The maximum absolute atomic E-state index is 12.7. The smallest absolute Gasteiger partial charge is 0.266 e. The Bertz CT molecular complexity index is 1000. The van der Waals surface area contributed by atoms with E-state index in [9.17, 15) is 4.79 Å². The van der Waals surface area contributed by atoms with Gasteiger partial charge in [0.05, 0.1) is 34.4 Å². The van der Waals surface area contributed by atoms with Gasteiger partial charge in [-0.3, -0.25) is 14.7 Å². The molecule has 0 N–H and O–H groups in total. The summed E-state index contributed by atoms with van der Waals surface area (Å²) in [6.45, 7) is 0.478. The minimum atomic E-state index is -0.0891. The van der Waals surface area contributed by atoms with Crippen molar-refractivity contribution >= 4 is 51.3 Å². The minimum Gasteiger partial charge on any atom is -0.288 e. The van der Waals surface area contributed by atoms with Crippen molar-refractivity contribution in [2.24, 2.45) is 0 Å². The maximum Gasteiger partial charge on any atom is 0.266 e. The van der Waals surface area contributed by atoms with Crippen molar-refractivity contribution in [2.75, 3.05) is 0 Å². The van der Waals surface area contributed by atoms with E-state index in [4.69, 9.17) is 12.2 Å². The number of amides is 1. The van der Waals surface area contributed by atoms with Crippen molar-refractivity contribution in [3.63, 3.8) is 0 Å². The van der Waals surface area contributed by atoms with Gasteiger partial charge in [0, 0.05) is 0 Å². The molecule has 1 saturated heterocycles. The SMILES string of the molecule is O=C1/C(=C/c2cnc3ccccc3n2)SC(=S)N1Cc1ccccc1. The molecule has 3 aromatic rings. The third-order valence-corrected chi connectivity index (χ3v) is 5.18. The molecule has 1 aliphatic heterocycles. The first-order valence-corrected chi connectivity index (χ1v) is 8.94. The van der Waals surface area contributed by atoms with Crippen molar-refractivity contribution in [3.05, 3.63) is 77.0 Å². The fraction of sp³-hybridized carbons (Fsp3) is 0.0526. The highest BCUT2D eigenvalue weighted by Crippen LogP contribution is 2.33. The number of rotatable bonds is 3. The summed E-state index contributed by atoms with van der Waals surface area (Å²) >= 11 is 6.68. The van der Waals surface area contributed by atoms with Crippen LogP contribution in [0, 0.1) is 0 Å². The molecule has 1 aromatic heterocycles. The third kappa shape index (κ3) is 3.31. The number of carbonyl (C=O) groups excluding carboxylic acids is 1. The second-order valence-corrected chi connectivity index (χ2v) is 7.21. The van der Waals surface area contributed by atoms with E-state index in [0.29, 0.717) is 21.5 Å². The largest absolute Gasteiger partial charge is 0.288 e. The van der Waals surface area contributed by atoms with Crippen molar-refractivity contribution in [1.29, 1.82) is 0 Å². The number of carbonyl (C=O) groups is 1. The van der Waals surface area contributed by atoms with Crippen LogP contribution in [0.1, 0.15) is 11.3 Å². The summed E-state index contributed by atoms with van der Waals surface area (Å²) in [5.41, 5.74) is 3.33. The van der Waals surface area contributed by atoms with Crippen LogP contribution in [0.4, 0.5) is 0 Å². The minimum absolute atomic E-state index is 0.0891. The number of thiocarbonyl (C=S) groups is 1. The van der Waals surface area contributed by atoms with Crippen LogP contribution >= 0.6 is 24.0 Å². The van der Waals surface area contributed by atoms with Crippen LogP contribution in [-0.2, 0) is 11.3 Å². The van der Waals surface area contributed by atoms with Crippen molar-refractivity contribution < 1.29 is 4.79 Å². The quantitative estimate of drug-likeness (QED) is 0.519. The van der Waals surface area contributed by atoms with Gasteiger partial charge in [0.15, 0.2) is 0 Å². The summed E-state index contributed by atoms with van der Waals surface area (Å²) in [6, 6.07) is 17.5. The molecule has 0 spiro atoms. The molecule has 4 nitrogen and oxygen atoms in total. The number of benzene rings is 2. The Morgan fingerprint density at radius 2 is 1.76 bits per heavy atom. The summed E-state index contributed by atoms with van der Waals surface area (Å²) < 4.78 is 0.564. The summed E-state index contributed by atoms with van der Waals surface area (Å²) in [5, 5.41) is 0. The van der Waals surface area contributed by atoms with Crippen LogP contribution in [0.3, 0.4) is 0 Å². The van der Waals surface area contributed by atoms with E-state index in [0.717, 1.165) is 16.6 Å². The zero-order valence-corrected chi connectivity index (χ0v) is 14.8. The lowest BCUT2D eigenvalue weighted by Crippen LogP contribution is -2.27. The Balaban J connectivity index is 1.60. The van der Waals surface area contributed by atoms with Gasteiger partial charge < -0.3 is 0 Å². The molecule has 1 aliphatic rings. The van der Waals surface area contributed by atoms with Gasteiger partial charge in [0.25, 0.3) is 5.91 Å². The highest BCUT2D eigenvalue weighted by atomic mass is 32.2. The van der Waals surface area contributed by atoms with Crippen LogP contribution in [0.25, 0.3) is 17.1 Å². The second kappa shape index (κ2) is 6.74. The Morgan fingerprint density at radius 1 is 1.04 bits per heavy atom. The summed E-state index contributed by atoms with van der Waals surface area (Å²) in [5.74, 6) is -0.0891. The molecule has 122 valence electrons. The fourth-order valence-corrected chi connectivity index (χ4v) is 3.82. The number of hydrogen-bond acceptors (Lipinski definition) is 5. The van der Waals surface area contributed by atoms with Crippen molar-refractivity contribution in [2.45, 2.75) is 6.54 Å². The fourth-order valence-electron chi connectivity index (χ4n) is 2.58. The number of nitrogens with zero attached hydrogens (tertiary/aromatic N) is 3. The van der Waals surface area contributed by atoms with Gasteiger partial charge in [-0.25, -0.2) is 4.98 Å². The van der Waals surface area contributed by atoms with Crippen LogP contribution in [0.5, 0.6) is 0 Å².